The van der Waals surface area contributed by atoms with Crippen molar-refractivity contribution in [3.8, 4) is 0 Å². The first-order valence-electron chi connectivity index (χ1n) is 11.0. The smallest absolute Gasteiger partial charge is 0.322 e. The number of rotatable bonds is 5. The van der Waals surface area contributed by atoms with Gasteiger partial charge in [-0.05, 0) is 43.9 Å². The molecule has 2 aliphatic heterocycles. The molecule has 1 saturated heterocycles. The van der Waals surface area contributed by atoms with Crippen LogP contribution in [0.3, 0.4) is 0 Å². The number of fused-ring (bicyclic) bond motifs is 1. The number of carbonyl (C=O) groups excluding carboxylic acids is 4. The number of anilines is 2. The van der Waals surface area contributed by atoms with Crippen molar-refractivity contribution in [1.82, 2.24) is 10.2 Å². The fourth-order valence-corrected chi connectivity index (χ4v) is 4.66. The molecular weight excluding hydrogens is 420 g/mol. The van der Waals surface area contributed by atoms with Gasteiger partial charge in [-0.25, -0.2) is 4.79 Å². The Kier molecular flexibility index (Phi) is 5.47. The van der Waals surface area contributed by atoms with Gasteiger partial charge in [0.15, 0.2) is 0 Å². The number of carbonyl (C=O) groups is 4. The molecule has 0 aromatic heterocycles. The van der Waals surface area contributed by atoms with Crippen molar-refractivity contribution >= 4 is 35.1 Å². The zero-order chi connectivity index (χ0) is 24.0. The highest BCUT2D eigenvalue weighted by Crippen LogP contribution is 2.38. The van der Waals surface area contributed by atoms with E-state index < -0.39 is 35.5 Å². The number of amides is 5. The van der Waals surface area contributed by atoms with Crippen molar-refractivity contribution < 1.29 is 19.2 Å². The van der Waals surface area contributed by atoms with E-state index >= 15 is 0 Å². The number of nitrogens with one attached hydrogen (secondary N) is 2. The first kappa shape index (κ1) is 22.5. The van der Waals surface area contributed by atoms with Crippen LogP contribution in [-0.4, -0.2) is 40.7 Å². The van der Waals surface area contributed by atoms with E-state index in [2.05, 4.69) is 10.6 Å². The molecule has 0 spiro atoms. The van der Waals surface area contributed by atoms with Crippen LogP contribution in [0.15, 0.2) is 54.6 Å². The molecule has 2 N–H and O–H groups in total. The van der Waals surface area contributed by atoms with Crippen molar-refractivity contribution in [2.45, 2.75) is 45.2 Å². The van der Waals surface area contributed by atoms with E-state index in [0.29, 0.717) is 23.4 Å². The second-order valence-corrected chi connectivity index (χ2v) is 9.45. The topological polar surface area (TPSA) is 98.8 Å². The summed E-state index contributed by atoms with van der Waals surface area (Å²) in [4.78, 5) is 55.2. The standard InChI is InChI=1S/C25H28N4O4/c1-16(2)14-25(17-10-6-5-7-11-17)22(32)28(23(33)27-25)15-20(30)29-19-13-9-8-12-18(19)26-21(31)24(29,3)4/h5-13,16H,14-15H2,1-4H3,(H,26,31)(H,27,33)/t25-/m1/s1. The van der Waals surface area contributed by atoms with Gasteiger partial charge in [-0.15, -0.1) is 0 Å². The molecule has 2 aliphatic rings. The Morgan fingerprint density at radius 2 is 1.61 bits per heavy atom. The van der Waals surface area contributed by atoms with E-state index in [1.54, 1.807) is 50.2 Å². The second-order valence-electron chi connectivity index (χ2n) is 9.45. The molecule has 33 heavy (non-hydrogen) atoms. The minimum absolute atomic E-state index is 0.113. The minimum atomic E-state index is -1.24. The van der Waals surface area contributed by atoms with Gasteiger partial charge in [-0.1, -0.05) is 56.3 Å². The first-order chi connectivity index (χ1) is 15.6. The van der Waals surface area contributed by atoms with E-state index in [1.807, 2.05) is 32.0 Å². The van der Waals surface area contributed by atoms with E-state index in [1.165, 1.54) is 4.90 Å². The molecule has 2 aromatic carbocycles. The highest BCUT2D eigenvalue weighted by Gasteiger charge is 2.54. The van der Waals surface area contributed by atoms with Crippen molar-refractivity contribution in [1.29, 1.82) is 0 Å². The summed E-state index contributed by atoms with van der Waals surface area (Å²) in [5.74, 6) is -1.21. The molecule has 5 amide bonds. The Labute approximate surface area is 192 Å². The predicted molar refractivity (Wildman–Crippen MR) is 124 cm³/mol. The largest absolute Gasteiger partial charge is 0.325 e. The lowest BCUT2D eigenvalue weighted by Gasteiger charge is -2.42. The van der Waals surface area contributed by atoms with Crippen molar-refractivity contribution in [2.24, 2.45) is 5.92 Å². The fourth-order valence-electron chi connectivity index (χ4n) is 4.66. The molecule has 1 fully saturated rings. The van der Waals surface area contributed by atoms with Crippen LogP contribution >= 0.6 is 0 Å². The molecule has 0 saturated carbocycles. The number of para-hydroxylation sites is 2. The number of imide groups is 1. The molecule has 0 unspecified atom stereocenters. The molecule has 172 valence electrons. The molecule has 0 aliphatic carbocycles. The Balaban J connectivity index is 1.68. The second kappa shape index (κ2) is 8.03. The predicted octanol–water partition coefficient (Wildman–Crippen LogP) is 3.24. The lowest BCUT2D eigenvalue weighted by atomic mass is 9.82. The molecule has 0 radical (unpaired) electrons. The van der Waals surface area contributed by atoms with E-state index in [0.717, 1.165) is 4.90 Å². The molecule has 2 aromatic rings. The third-order valence-electron chi connectivity index (χ3n) is 6.21. The normalized spacial score (nSPS) is 21.7. The van der Waals surface area contributed by atoms with Crippen LogP contribution in [0.2, 0.25) is 0 Å². The maximum atomic E-state index is 13.7. The van der Waals surface area contributed by atoms with Crippen LogP contribution in [0.25, 0.3) is 0 Å². The number of urea groups is 1. The number of hydrogen-bond acceptors (Lipinski definition) is 4. The zero-order valence-electron chi connectivity index (χ0n) is 19.2. The van der Waals surface area contributed by atoms with Crippen molar-refractivity contribution in [3.63, 3.8) is 0 Å². The maximum Gasteiger partial charge on any atom is 0.325 e. The van der Waals surface area contributed by atoms with Gasteiger partial charge in [0, 0.05) is 0 Å². The third kappa shape index (κ3) is 3.65. The molecule has 8 heteroatoms. The first-order valence-corrected chi connectivity index (χ1v) is 11.0. The summed E-state index contributed by atoms with van der Waals surface area (Å²) < 4.78 is 0. The van der Waals surface area contributed by atoms with Gasteiger partial charge in [-0.2, -0.15) is 0 Å². The summed E-state index contributed by atoms with van der Waals surface area (Å²) in [7, 11) is 0. The summed E-state index contributed by atoms with van der Waals surface area (Å²) in [6.07, 6.45) is 0.396. The molecule has 0 bridgehead atoms. The van der Waals surface area contributed by atoms with E-state index in [4.69, 9.17) is 0 Å². The molecule has 2 heterocycles. The van der Waals surface area contributed by atoms with E-state index in [-0.39, 0.29) is 11.8 Å². The van der Waals surface area contributed by atoms with Gasteiger partial charge >= 0.3 is 6.03 Å². The van der Waals surface area contributed by atoms with Crippen molar-refractivity contribution in [2.75, 3.05) is 16.8 Å². The summed E-state index contributed by atoms with van der Waals surface area (Å²) in [5, 5.41) is 5.67. The summed E-state index contributed by atoms with van der Waals surface area (Å²) in [5.41, 5.74) is -0.727. The summed E-state index contributed by atoms with van der Waals surface area (Å²) >= 11 is 0. The van der Waals surface area contributed by atoms with Gasteiger partial charge in [-0.3, -0.25) is 24.2 Å². The number of hydrogen-bond donors (Lipinski definition) is 2. The van der Waals surface area contributed by atoms with Crippen LogP contribution in [-0.2, 0) is 19.9 Å². The summed E-state index contributed by atoms with van der Waals surface area (Å²) in [6.45, 7) is 6.75. The van der Waals surface area contributed by atoms with Gasteiger partial charge < -0.3 is 10.6 Å². The van der Waals surface area contributed by atoms with Crippen LogP contribution < -0.4 is 15.5 Å². The average Bonchev–Trinajstić information content (AvgIpc) is 2.99. The van der Waals surface area contributed by atoms with Gasteiger partial charge in [0.25, 0.3) is 5.91 Å². The SMILES string of the molecule is CC(C)C[C@]1(c2ccccc2)NC(=O)N(CC(=O)N2c3ccccc3NC(=O)C2(C)C)C1=O. The van der Waals surface area contributed by atoms with Crippen LogP contribution in [0, 0.1) is 5.92 Å². The highest BCUT2D eigenvalue weighted by atomic mass is 16.2. The van der Waals surface area contributed by atoms with Gasteiger partial charge in [0.05, 0.1) is 11.4 Å². The third-order valence-corrected chi connectivity index (χ3v) is 6.21. The van der Waals surface area contributed by atoms with Crippen LogP contribution in [0.5, 0.6) is 0 Å². The molecule has 4 rings (SSSR count). The summed E-state index contributed by atoms with van der Waals surface area (Å²) in [6, 6.07) is 15.4. The Hall–Kier alpha value is -3.68. The van der Waals surface area contributed by atoms with Gasteiger partial charge in [0.2, 0.25) is 11.8 Å². The van der Waals surface area contributed by atoms with E-state index in [9.17, 15) is 19.2 Å². The Morgan fingerprint density at radius 1 is 0.970 bits per heavy atom. The molecule has 1 atom stereocenters. The van der Waals surface area contributed by atoms with Crippen molar-refractivity contribution in [3.05, 3.63) is 60.2 Å². The van der Waals surface area contributed by atoms with Crippen LogP contribution in [0.4, 0.5) is 16.2 Å². The lowest BCUT2D eigenvalue weighted by Crippen LogP contribution is -2.60. The zero-order valence-corrected chi connectivity index (χ0v) is 19.2. The minimum Gasteiger partial charge on any atom is -0.322 e. The highest BCUT2D eigenvalue weighted by molar-refractivity contribution is 6.16. The number of nitrogens with zero attached hydrogens (tertiary/aromatic N) is 2. The molecular formula is C25H28N4O4. The number of benzene rings is 2. The van der Waals surface area contributed by atoms with Crippen LogP contribution in [0.1, 0.15) is 39.7 Å². The quantitative estimate of drug-likeness (QED) is 0.686. The Bertz CT molecular complexity index is 1130. The lowest BCUT2D eigenvalue weighted by molar-refractivity contribution is -0.135. The molecule has 8 nitrogen and oxygen atoms in total. The average molecular weight is 449 g/mol. The fraction of sp³-hybridized carbons (Fsp3) is 0.360. The monoisotopic (exact) mass is 448 g/mol. The maximum absolute atomic E-state index is 13.7. The van der Waals surface area contributed by atoms with Gasteiger partial charge in [0.1, 0.15) is 17.6 Å². The Morgan fingerprint density at radius 3 is 2.27 bits per heavy atom.